The lowest BCUT2D eigenvalue weighted by molar-refractivity contribution is -0.275. The van der Waals surface area contributed by atoms with Crippen LogP contribution >= 0.6 is 35.0 Å². The summed E-state index contributed by atoms with van der Waals surface area (Å²) < 4.78 is 42.8. The number of alkyl halides is 3. The summed E-state index contributed by atoms with van der Waals surface area (Å²) in [5, 5.41) is 5.05. The number of rotatable bonds is 8. The van der Waals surface area contributed by atoms with E-state index in [1.807, 2.05) is 6.92 Å². The number of hydrogen-bond donors (Lipinski definition) is 0. The van der Waals surface area contributed by atoms with Crippen LogP contribution in [-0.4, -0.2) is 35.0 Å². The Bertz CT molecular complexity index is 1180. The molecule has 0 spiro atoms. The first-order chi connectivity index (χ1) is 16.6. The van der Waals surface area contributed by atoms with Gasteiger partial charge in [0.1, 0.15) is 0 Å². The van der Waals surface area contributed by atoms with Gasteiger partial charge in [-0.3, -0.25) is 9.79 Å². The number of aliphatic imine (C=N–C) groups is 1. The van der Waals surface area contributed by atoms with Crippen LogP contribution in [0.5, 0.6) is 0 Å². The largest absolute Gasteiger partial charge is 0.435 e. The summed E-state index contributed by atoms with van der Waals surface area (Å²) in [6.07, 6.45) is -2.85. The monoisotopic (exact) mass is 542 g/mol. The summed E-state index contributed by atoms with van der Waals surface area (Å²) in [4.78, 5) is 22.3. The number of Topliss-reactive ketones (excluding diaryl/α,β-unsaturated/α-hetero) is 1. The van der Waals surface area contributed by atoms with Crippen molar-refractivity contribution in [1.29, 1.82) is 0 Å². The molecule has 186 valence electrons. The van der Waals surface area contributed by atoms with Crippen LogP contribution < -0.4 is 0 Å². The number of halogens is 5. The van der Waals surface area contributed by atoms with Gasteiger partial charge in [-0.1, -0.05) is 47.4 Å². The Morgan fingerprint density at radius 2 is 1.91 bits per heavy atom. The Balaban J connectivity index is 1.54. The Labute approximate surface area is 215 Å². The third-order valence-electron chi connectivity index (χ3n) is 6.08. The number of nitrogens with zero attached hydrogens (tertiary/aromatic N) is 2. The highest BCUT2D eigenvalue weighted by atomic mass is 35.5. The average molecular weight is 543 g/mol. The summed E-state index contributed by atoms with van der Waals surface area (Å²) in [7, 11) is 0. The van der Waals surface area contributed by atoms with E-state index in [1.165, 1.54) is 18.2 Å². The summed E-state index contributed by atoms with van der Waals surface area (Å²) in [6, 6.07) is 8.76. The molecule has 0 aliphatic carbocycles. The molecule has 2 aliphatic heterocycles. The predicted molar refractivity (Wildman–Crippen MR) is 135 cm³/mol. The molecule has 0 bridgehead atoms. The molecule has 1 atom stereocenters. The maximum absolute atomic E-state index is 14.3. The molecule has 2 heterocycles. The van der Waals surface area contributed by atoms with Gasteiger partial charge in [0.25, 0.3) is 5.60 Å². The van der Waals surface area contributed by atoms with E-state index in [-0.39, 0.29) is 27.1 Å². The Morgan fingerprint density at radius 3 is 2.54 bits per heavy atom. The van der Waals surface area contributed by atoms with Gasteiger partial charge in [0, 0.05) is 46.3 Å². The first-order valence-electron chi connectivity index (χ1n) is 11.2. The van der Waals surface area contributed by atoms with E-state index in [0.29, 0.717) is 30.4 Å². The third-order valence-corrected chi connectivity index (χ3v) is 7.57. The van der Waals surface area contributed by atoms with E-state index >= 15 is 0 Å². The molecule has 1 unspecified atom stereocenters. The van der Waals surface area contributed by atoms with E-state index in [4.69, 9.17) is 28.0 Å². The summed E-state index contributed by atoms with van der Waals surface area (Å²) >= 11 is 13.7. The molecular weight excluding hydrogens is 520 g/mol. The van der Waals surface area contributed by atoms with E-state index < -0.39 is 18.2 Å². The van der Waals surface area contributed by atoms with Crippen molar-refractivity contribution in [3.63, 3.8) is 0 Å². The van der Waals surface area contributed by atoms with E-state index in [9.17, 15) is 18.0 Å². The highest BCUT2D eigenvalue weighted by molar-refractivity contribution is 8.14. The van der Waals surface area contributed by atoms with Crippen LogP contribution in [0.3, 0.4) is 0 Å². The van der Waals surface area contributed by atoms with Crippen molar-refractivity contribution in [2.45, 2.75) is 50.8 Å². The lowest BCUT2D eigenvalue weighted by atomic mass is 9.85. The van der Waals surface area contributed by atoms with Crippen molar-refractivity contribution in [2.24, 2.45) is 10.1 Å². The van der Waals surface area contributed by atoms with Gasteiger partial charge in [-0.2, -0.15) is 13.2 Å². The molecular formula is C25H23Cl2F3N2O2S. The fourth-order valence-corrected chi connectivity index (χ4v) is 5.66. The molecule has 0 N–H and O–H groups in total. The molecule has 0 saturated heterocycles. The van der Waals surface area contributed by atoms with Gasteiger partial charge in [-0.15, -0.1) is 11.8 Å². The standard InChI is InChI=1S/C25H23Cl2F3N2O2S/c1-2-15-10-16(6-7-20(15)22(33)4-3-5-23-31-8-9-35-23)21-14-24(34-32-21,25(28,29)30)17-11-18(26)13-19(27)12-17/h6-7,10-13H,2-5,8-9,14H2,1H3. The van der Waals surface area contributed by atoms with E-state index in [0.717, 1.165) is 29.3 Å². The molecule has 0 aromatic heterocycles. The smallest absolute Gasteiger partial charge is 0.374 e. The number of benzene rings is 2. The van der Waals surface area contributed by atoms with Crippen molar-refractivity contribution < 1.29 is 22.8 Å². The van der Waals surface area contributed by atoms with Crippen LogP contribution in [0.15, 0.2) is 46.5 Å². The van der Waals surface area contributed by atoms with Gasteiger partial charge in [0.2, 0.25) is 0 Å². The van der Waals surface area contributed by atoms with Crippen molar-refractivity contribution in [2.75, 3.05) is 12.3 Å². The van der Waals surface area contributed by atoms with Gasteiger partial charge >= 0.3 is 6.18 Å². The maximum atomic E-state index is 14.3. The van der Waals surface area contributed by atoms with Crippen LogP contribution in [-0.2, 0) is 16.9 Å². The first-order valence-corrected chi connectivity index (χ1v) is 13.0. The predicted octanol–water partition coefficient (Wildman–Crippen LogP) is 7.64. The van der Waals surface area contributed by atoms with Gasteiger partial charge in [0.15, 0.2) is 5.78 Å². The minimum Gasteiger partial charge on any atom is -0.374 e. The molecule has 4 rings (SSSR count). The Kier molecular flexibility index (Phi) is 7.83. The Hall–Kier alpha value is -2.03. The van der Waals surface area contributed by atoms with Crippen molar-refractivity contribution in [3.8, 4) is 0 Å². The number of thioether (sulfide) groups is 1. The SMILES string of the molecule is CCc1cc(C2=NOC(c3cc(Cl)cc(Cl)c3)(C(F)(F)F)C2)ccc1C(=O)CCCC1=NCCS1. The lowest BCUT2D eigenvalue weighted by Gasteiger charge is -2.29. The highest BCUT2D eigenvalue weighted by Gasteiger charge is 2.62. The number of carbonyl (C=O) groups excluding carboxylic acids is 1. The van der Waals surface area contributed by atoms with Gasteiger partial charge in [0.05, 0.1) is 10.8 Å². The number of aryl methyl sites for hydroxylation is 1. The molecule has 2 aromatic rings. The second-order valence-electron chi connectivity index (χ2n) is 8.42. The minimum absolute atomic E-state index is 0.0137. The molecule has 35 heavy (non-hydrogen) atoms. The van der Waals surface area contributed by atoms with Crippen molar-refractivity contribution in [3.05, 3.63) is 68.7 Å². The summed E-state index contributed by atoms with van der Waals surface area (Å²) in [5.41, 5.74) is -0.941. The van der Waals surface area contributed by atoms with Crippen molar-refractivity contribution >= 4 is 51.5 Å². The summed E-state index contributed by atoms with van der Waals surface area (Å²) in [6.45, 7) is 2.74. The molecule has 10 heteroatoms. The fraction of sp³-hybridized carbons (Fsp3) is 0.400. The second kappa shape index (κ2) is 10.5. The fourth-order valence-electron chi connectivity index (χ4n) is 4.25. The van der Waals surface area contributed by atoms with Crippen molar-refractivity contribution in [1.82, 2.24) is 0 Å². The van der Waals surface area contributed by atoms with Gasteiger partial charge in [-0.25, -0.2) is 0 Å². The van der Waals surface area contributed by atoms with E-state index in [2.05, 4.69) is 10.1 Å². The molecule has 0 amide bonds. The van der Waals surface area contributed by atoms with Crippen LogP contribution in [0.1, 0.15) is 59.7 Å². The van der Waals surface area contributed by atoms with Gasteiger partial charge in [-0.05, 0) is 54.7 Å². The molecule has 0 fully saturated rings. The maximum Gasteiger partial charge on any atom is 0.435 e. The zero-order valence-corrected chi connectivity index (χ0v) is 21.3. The molecule has 2 aromatic carbocycles. The first kappa shape index (κ1) is 26.0. The topological polar surface area (TPSA) is 51.0 Å². The second-order valence-corrected chi connectivity index (χ2v) is 10.5. The lowest BCUT2D eigenvalue weighted by Crippen LogP contribution is -2.42. The zero-order valence-electron chi connectivity index (χ0n) is 18.9. The molecule has 0 radical (unpaired) electrons. The molecule has 2 aliphatic rings. The quantitative estimate of drug-likeness (QED) is 0.322. The van der Waals surface area contributed by atoms with E-state index in [1.54, 1.807) is 30.0 Å². The number of carbonyl (C=O) groups is 1. The molecule has 0 saturated carbocycles. The van der Waals surface area contributed by atoms with Crippen LogP contribution in [0.25, 0.3) is 0 Å². The highest BCUT2D eigenvalue weighted by Crippen LogP contribution is 2.49. The molecule has 4 nitrogen and oxygen atoms in total. The third kappa shape index (κ3) is 5.54. The van der Waals surface area contributed by atoms with Gasteiger partial charge < -0.3 is 4.84 Å². The average Bonchev–Trinajstić information content (AvgIpc) is 3.48. The van der Waals surface area contributed by atoms with Crippen LogP contribution in [0.2, 0.25) is 10.0 Å². The number of hydrogen-bond acceptors (Lipinski definition) is 5. The zero-order chi connectivity index (χ0) is 25.2. The van der Waals surface area contributed by atoms with Crippen LogP contribution in [0, 0.1) is 0 Å². The van der Waals surface area contributed by atoms with Crippen LogP contribution in [0.4, 0.5) is 13.2 Å². The number of oxime groups is 1. The normalized spacial score (nSPS) is 19.9. The number of ketones is 1. The summed E-state index contributed by atoms with van der Waals surface area (Å²) in [5.74, 6) is 1.01. The minimum atomic E-state index is -4.77. The Morgan fingerprint density at radius 1 is 1.17 bits per heavy atom.